The molecule has 0 unspecified atom stereocenters. The fraction of sp³-hybridized carbons (Fsp3) is 0.588. The van der Waals surface area contributed by atoms with Gasteiger partial charge in [-0.05, 0) is 31.2 Å². The van der Waals surface area contributed by atoms with Gasteiger partial charge in [-0.2, -0.15) is 0 Å². The molecule has 4 heteroatoms. The van der Waals surface area contributed by atoms with Crippen LogP contribution in [-0.2, 0) is 11.3 Å². The Morgan fingerprint density at radius 2 is 1.95 bits per heavy atom. The van der Waals surface area contributed by atoms with Gasteiger partial charge in [0, 0.05) is 31.7 Å². The van der Waals surface area contributed by atoms with Crippen LogP contribution in [0.2, 0.25) is 0 Å². The molecule has 1 amide bonds. The van der Waals surface area contributed by atoms with Crippen LogP contribution in [0.5, 0.6) is 0 Å². The molecule has 1 saturated carbocycles. The zero-order chi connectivity index (χ0) is 14.7. The van der Waals surface area contributed by atoms with E-state index >= 15 is 0 Å². The van der Waals surface area contributed by atoms with E-state index in [9.17, 15) is 4.79 Å². The van der Waals surface area contributed by atoms with E-state index in [1.54, 1.807) is 0 Å². The minimum Gasteiger partial charge on any atom is -0.340 e. The highest BCUT2D eigenvalue weighted by Gasteiger charge is 2.36. The van der Waals surface area contributed by atoms with Crippen LogP contribution in [0.3, 0.4) is 0 Å². The summed E-state index contributed by atoms with van der Waals surface area (Å²) in [5, 5.41) is 0. The molecule has 0 bridgehead atoms. The maximum Gasteiger partial charge on any atom is 0.237 e. The maximum absolute atomic E-state index is 11.9. The molecule has 1 aromatic rings. The number of rotatable bonds is 5. The van der Waals surface area contributed by atoms with E-state index in [4.69, 9.17) is 11.6 Å². The van der Waals surface area contributed by atoms with E-state index in [0.29, 0.717) is 12.1 Å². The first kappa shape index (κ1) is 14.9. The van der Waals surface area contributed by atoms with Crippen LogP contribution in [0.4, 0.5) is 0 Å². The molecule has 2 fully saturated rings. The average molecular weight is 307 g/mol. The van der Waals surface area contributed by atoms with Gasteiger partial charge in [-0.1, -0.05) is 30.3 Å². The number of benzene rings is 1. The van der Waals surface area contributed by atoms with Crippen molar-refractivity contribution >= 4 is 17.5 Å². The second kappa shape index (κ2) is 6.80. The molecule has 0 N–H and O–H groups in total. The van der Waals surface area contributed by atoms with E-state index in [1.165, 1.54) is 24.8 Å². The predicted molar refractivity (Wildman–Crippen MR) is 85.3 cm³/mol. The van der Waals surface area contributed by atoms with Crippen LogP contribution in [0.1, 0.15) is 31.2 Å². The lowest BCUT2D eigenvalue weighted by Crippen LogP contribution is -2.50. The summed E-state index contributed by atoms with van der Waals surface area (Å²) < 4.78 is 0. The number of likely N-dealkylation sites (tertiary alicyclic amines) is 1. The molecule has 1 aromatic carbocycles. The average Bonchev–Trinajstić information content (AvgIpc) is 3.38. The first-order valence-electron chi connectivity index (χ1n) is 7.91. The van der Waals surface area contributed by atoms with Gasteiger partial charge in [0.05, 0.1) is 0 Å². The van der Waals surface area contributed by atoms with Gasteiger partial charge < -0.3 is 4.90 Å². The zero-order valence-electron chi connectivity index (χ0n) is 12.4. The lowest BCUT2D eigenvalue weighted by atomic mass is 10.0. The molecule has 1 aliphatic heterocycles. The number of carbonyl (C=O) groups excluding carboxylic acids is 1. The highest BCUT2D eigenvalue weighted by atomic mass is 35.5. The summed E-state index contributed by atoms with van der Waals surface area (Å²) in [5.74, 6) is 0.186. The highest BCUT2D eigenvalue weighted by Crippen LogP contribution is 2.32. The first-order chi connectivity index (χ1) is 10.3. The van der Waals surface area contributed by atoms with Gasteiger partial charge in [0.2, 0.25) is 5.91 Å². The number of piperidine rings is 1. The standard InChI is InChI=1S/C17H23ClN2O/c18-11-17(21)19-10-4-7-16(13-19)20(15-8-9-15)12-14-5-2-1-3-6-14/h1-3,5-6,15-16H,4,7-13H2/t16-/m0/s1. The minimum absolute atomic E-state index is 0.0804. The van der Waals surface area contributed by atoms with Crippen molar-refractivity contribution in [3.63, 3.8) is 0 Å². The molecule has 21 heavy (non-hydrogen) atoms. The number of alkyl halides is 1. The van der Waals surface area contributed by atoms with Crippen molar-refractivity contribution in [1.29, 1.82) is 0 Å². The Kier molecular flexibility index (Phi) is 4.81. The molecule has 2 aliphatic rings. The molecule has 0 spiro atoms. The SMILES string of the molecule is O=C(CCl)N1CCC[C@H](N(Cc2ccccc2)C2CC2)C1. The van der Waals surface area contributed by atoms with Crippen LogP contribution in [-0.4, -0.2) is 46.8 Å². The van der Waals surface area contributed by atoms with Crippen LogP contribution in [0.15, 0.2) is 30.3 Å². The number of halogens is 1. The Morgan fingerprint density at radius 1 is 1.19 bits per heavy atom. The van der Waals surface area contributed by atoms with Crippen molar-refractivity contribution in [2.24, 2.45) is 0 Å². The third kappa shape index (κ3) is 3.78. The van der Waals surface area contributed by atoms with Crippen molar-refractivity contribution in [3.8, 4) is 0 Å². The van der Waals surface area contributed by atoms with Crippen LogP contribution >= 0.6 is 11.6 Å². The molecule has 0 radical (unpaired) electrons. The summed E-state index contributed by atoms with van der Waals surface area (Å²) in [6.45, 7) is 2.71. The van der Waals surface area contributed by atoms with Gasteiger partial charge in [-0.3, -0.25) is 9.69 Å². The molecule has 1 aliphatic carbocycles. The quantitative estimate of drug-likeness (QED) is 0.781. The molecule has 1 heterocycles. The lowest BCUT2D eigenvalue weighted by molar-refractivity contribution is -0.130. The number of amides is 1. The Morgan fingerprint density at radius 3 is 2.62 bits per heavy atom. The molecule has 3 rings (SSSR count). The second-order valence-electron chi connectivity index (χ2n) is 6.16. The Hall–Kier alpha value is -1.06. The van der Waals surface area contributed by atoms with Crippen molar-refractivity contribution in [2.75, 3.05) is 19.0 Å². The fourth-order valence-electron chi connectivity index (χ4n) is 3.29. The van der Waals surface area contributed by atoms with E-state index < -0.39 is 0 Å². The van der Waals surface area contributed by atoms with Crippen molar-refractivity contribution in [1.82, 2.24) is 9.80 Å². The number of carbonyl (C=O) groups is 1. The lowest BCUT2D eigenvalue weighted by Gasteiger charge is -2.39. The summed E-state index contributed by atoms with van der Waals surface area (Å²) in [6, 6.07) is 11.8. The van der Waals surface area contributed by atoms with Crippen LogP contribution < -0.4 is 0 Å². The third-order valence-corrected chi connectivity index (χ3v) is 4.79. The summed E-state index contributed by atoms with van der Waals surface area (Å²) in [5.41, 5.74) is 1.37. The summed E-state index contributed by atoms with van der Waals surface area (Å²) >= 11 is 5.71. The second-order valence-corrected chi connectivity index (χ2v) is 6.43. The molecular weight excluding hydrogens is 284 g/mol. The summed E-state index contributed by atoms with van der Waals surface area (Å²) in [4.78, 5) is 16.4. The minimum atomic E-state index is 0.0804. The molecular formula is C17H23ClN2O. The van der Waals surface area contributed by atoms with Crippen LogP contribution in [0, 0.1) is 0 Å². The van der Waals surface area contributed by atoms with Gasteiger partial charge in [-0.25, -0.2) is 0 Å². The Labute approximate surface area is 131 Å². The maximum atomic E-state index is 11.9. The monoisotopic (exact) mass is 306 g/mol. The largest absolute Gasteiger partial charge is 0.340 e. The zero-order valence-corrected chi connectivity index (χ0v) is 13.1. The summed E-state index contributed by atoms with van der Waals surface area (Å²) in [6.07, 6.45) is 4.88. The van der Waals surface area contributed by atoms with Gasteiger partial charge in [0.1, 0.15) is 5.88 Å². The molecule has 114 valence electrons. The number of hydrogen-bond donors (Lipinski definition) is 0. The van der Waals surface area contributed by atoms with Gasteiger partial charge in [-0.15, -0.1) is 11.6 Å². The molecule has 1 saturated heterocycles. The normalized spacial score (nSPS) is 22.6. The van der Waals surface area contributed by atoms with Crippen LogP contribution in [0.25, 0.3) is 0 Å². The van der Waals surface area contributed by atoms with Crippen molar-refractivity contribution in [3.05, 3.63) is 35.9 Å². The smallest absolute Gasteiger partial charge is 0.237 e. The molecule has 1 atom stereocenters. The topological polar surface area (TPSA) is 23.6 Å². The first-order valence-corrected chi connectivity index (χ1v) is 8.45. The number of hydrogen-bond acceptors (Lipinski definition) is 2. The van der Waals surface area contributed by atoms with Gasteiger partial charge >= 0.3 is 0 Å². The van der Waals surface area contributed by atoms with E-state index in [1.807, 2.05) is 4.90 Å². The predicted octanol–water partition coefficient (Wildman–Crippen LogP) is 2.88. The fourth-order valence-corrected chi connectivity index (χ4v) is 3.46. The van der Waals surface area contributed by atoms with Gasteiger partial charge in [0.25, 0.3) is 0 Å². The molecule has 3 nitrogen and oxygen atoms in total. The third-order valence-electron chi connectivity index (χ3n) is 4.56. The van der Waals surface area contributed by atoms with E-state index in [0.717, 1.165) is 26.1 Å². The van der Waals surface area contributed by atoms with Gasteiger partial charge in [0.15, 0.2) is 0 Å². The molecule has 0 aromatic heterocycles. The Balaban J connectivity index is 1.67. The van der Waals surface area contributed by atoms with E-state index in [-0.39, 0.29) is 11.8 Å². The Bertz CT molecular complexity index is 475. The van der Waals surface area contributed by atoms with Crippen molar-refractivity contribution < 1.29 is 4.79 Å². The summed E-state index contributed by atoms with van der Waals surface area (Å²) in [7, 11) is 0. The number of nitrogens with zero attached hydrogens (tertiary/aromatic N) is 2. The van der Waals surface area contributed by atoms with Crippen molar-refractivity contribution in [2.45, 2.75) is 44.3 Å². The highest BCUT2D eigenvalue weighted by molar-refractivity contribution is 6.27. The van der Waals surface area contributed by atoms with E-state index in [2.05, 4.69) is 35.2 Å².